The van der Waals surface area contributed by atoms with E-state index < -0.39 is 0 Å². The van der Waals surface area contributed by atoms with Gasteiger partial charge in [0.25, 0.3) is 0 Å². The molecule has 0 N–H and O–H groups in total. The van der Waals surface area contributed by atoms with Crippen LogP contribution in [0.3, 0.4) is 0 Å². The first-order chi connectivity index (χ1) is 13.8. The predicted octanol–water partition coefficient (Wildman–Crippen LogP) is 10.2. The minimum absolute atomic E-state index is 0.948. The summed E-state index contributed by atoms with van der Waals surface area (Å²) in [5, 5.41) is 0. The van der Waals surface area contributed by atoms with E-state index in [9.17, 15) is 0 Å². The smallest absolute Gasteiger partial charge is 0.00886 e. The number of unbranched alkanes of at least 4 members (excludes halogenated alkanes) is 17. The van der Waals surface area contributed by atoms with Crippen LogP contribution in [-0.2, 0) is 0 Å². The van der Waals surface area contributed by atoms with Crippen molar-refractivity contribution >= 4 is 0 Å². The molecular formula is C28H54. The van der Waals surface area contributed by atoms with E-state index in [4.69, 9.17) is 0 Å². The Morgan fingerprint density at radius 2 is 0.750 bits per heavy atom. The third-order valence-corrected chi connectivity index (χ3v) is 6.08. The van der Waals surface area contributed by atoms with Crippen molar-refractivity contribution in [3.63, 3.8) is 0 Å². The van der Waals surface area contributed by atoms with Crippen molar-refractivity contribution in [2.75, 3.05) is 0 Å². The Kier molecular flexibility index (Phi) is 24.2. The van der Waals surface area contributed by atoms with E-state index in [-0.39, 0.29) is 0 Å². The minimum atomic E-state index is 0.948. The molecule has 0 heteroatoms. The predicted molar refractivity (Wildman–Crippen MR) is 130 cm³/mol. The molecule has 0 bridgehead atoms. The van der Waals surface area contributed by atoms with E-state index in [1.54, 1.807) is 0 Å². The van der Waals surface area contributed by atoms with Crippen LogP contribution in [0.4, 0.5) is 0 Å². The van der Waals surface area contributed by atoms with Crippen LogP contribution in [0.5, 0.6) is 0 Å². The SMILES string of the molecule is CCCCCCCCC#CCCCCCCCC(C)CCCCCCCCC. The average Bonchev–Trinajstić information content (AvgIpc) is 2.70. The van der Waals surface area contributed by atoms with Crippen molar-refractivity contribution in [2.24, 2.45) is 5.92 Å². The summed E-state index contributed by atoms with van der Waals surface area (Å²) in [6, 6.07) is 0. The Hall–Kier alpha value is -0.440. The lowest BCUT2D eigenvalue weighted by Crippen LogP contribution is -1.95. The maximum atomic E-state index is 3.39. The van der Waals surface area contributed by atoms with Crippen LogP contribution in [0.25, 0.3) is 0 Å². The van der Waals surface area contributed by atoms with Crippen LogP contribution in [0, 0.1) is 17.8 Å². The molecule has 0 radical (unpaired) electrons. The highest BCUT2D eigenvalue weighted by Gasteiger charge is 2.02. The first kappa shape index (κ1) is 27.6. The van der Waals surface area contributed by atoms with Crippen molar-refractivity contribution in [2.45, 2.75) is 162 Å². The molecule has 0 aromatic heterocycles. The largest absolute Gasteiger partial charge is 0.103 e. The van der Waals surface area contributed by atoms with Gasteiger partial charge < -0.3 is 0 Å². The third kappa shape index (κ3) is 23.6. The van der Waals surface area contributed by atoms with Crippen LogP contribution in [0.1, 0.15) is 162 Å². The highest BCUT2D eigenvalue weighted by atomic mass is 14.1. The summed E-state index contributed by atoms with van der Waals surface area (Å²) in [6.07, 6.45) is 30.6. The summed E-state index contributed by atoms with van der Waals surface area (Å²) in [5.41, 5.74) is 0. The zero-order chi connectivity index (χ0) is 20.5. The lowest BCUT2D eigenvalue weighted by Gasteiger charge is -2.11. The van der Waals surface area contributed by atoms with E-state index in [1.807, 2.05) is 0 Å². The Bertz CT molecular complexity index is 332. The van der Waals surface area contributed by atoms with Crippen molar-refractivity contribution < 1.29 is 0 Å². The molecule has 0 fully saturated rings. The minimum Gasteiger partial charge on any atom is -0.103 e. The Labute approximate surface area is 180 Å². The molecule has 1 atom stereocenters. The molecule has 0 nitrogen and oxygen atoms in total. The van der Waals surface area contributed by atoms with Gasteiger partial charge in [0, 0.05) is 12.8 Å². The zero-order valence-electron chi connectivity index (χ0n) is 20.1. The second-order valence-electron chi connectivity index (χ2n) is 9.19. The fourth-order valence-corrected chi connectivity index (χ4v) is 4.00. The van der Waals surface area contributed by atoms with Crippen LogP contribution in [0.2, 0.25) is 0 Å². The van der Waals surface area contributed by atoms with Gasteiger partial charge in [-0.15, -0.1) is 11.8 Å². The van der Waals surface area contributed by atoms with Crippen LogP contribution < -0.4 is 0 Å². The molecule has 0 heterocycles. The highest BCUT2D eigenvalue weighted by Crippen LogP contribution is 2.18. The van der Waals surface area contributed by atoms with Gasteiger partial charge in [-0.05, 0) is 18.8 Å². The maximum Gasteiger partial charge on any atom is 0.00886 e. The van der Waals surface area contributed by atoms with Crippen LogP contribution in [-0.4, -0.2) is 0 Å². The summed E-state index contributed by atoms with van der Waals surface area (Å²) < 4.78 is 0. The van der Waals surface area contributed by atoms with Crippen molar-refractivity contribution in [3.8, 4) is 11.8 Å². The van der Waals surface area contributed by atoms with E-state index in [0.717, 1.165) is 18.8 Å². The fourth-order valence-electron chi connectivity index (χ4n) is 4.00. The first-order valence-electron chi connectivity index (χ1n) is 13.3. The summed E-state index contributed by atoms with van der Waals surface area (Å²) >= 11 is 0. The number of rotatable bonds is 21. The van der Waals surface area contributed by atoms with Gasteiger partial charge in [-0.25, -0.2) is 0 Å². The molecule has 0 saturated carbocycles. The summed E-state index contributed by atoms with van der Waals surface area (Å²) in [7, 11) is 0. The molecule has 0 saturated heterocycles. The van der Waals surface area contributed by atoms with Gasteiger partial charge in [-0.1, -0.05) is 136 Å². The number of hydrogen-bond donors (Lipinski definition) is 0. The van der Waals surface area contributed by atoms with Gasteiger partial charge in [0.2, 0.25) is 0 Å². The van der Waals surface area contributed by atoms with Crippen LogP contribution in [0.15, 0.2) is 0 Å². The van der Waals surface area contributed by atoms with Crippen molar-refractivity contribution in [1.29, 1.82) is 0 Å². The standard InChI is InChI=1S/C28H54/c1-4-6-8-10-12-13-14-15-16-17-18-19-21-23-25-27-28(3)26-24-22-20-11-9-7-5-2/h28H,4-14,17-27H2,1-3H3. The third-order valence-electron chi connectivity index (χ3n) is 6.08. The van der Waals surface area contributed by atoms with Crippen molar-refractivity contribution in [3.05, 3.63) is 0 Å². The Balaban J connectivity index is 3.21. The molecule has 0 aromatic rings. The molecule has 28 heavy (non-hydrogen) atoms. The maximum absolute atomic E-state index is 3.39. The lowest BCUT2D eigenvalue weighted by atomic mass is 9.96. The summed E-state index contributed by atoms with van der Waals surface area (Å²) in [5.74, 6) is 7.72. The Morgan fingerprint density at radius 1 is 0.429 bits per heavy atom. The van der Waals surface area contributed by atoms with E-state index in [1.165, 1.54) is 128 Å². The molecule has 166 valence electrons. The monoisotopic (exact) mass is 390 g/mol. The molecular weight excluding hydrogens is 336 g/mol. The van der Waals surface area contributed by atoms with Gasteiger partial charge in [0.15, 0.2) is 0 Å². The molecule has 0 aliphatic rings. The lowest BCUT2D eigenvalue weighted by molar-refractivity contribution is 0.431. The molecule has 0 aliphatic carbocycles. The average molecular weight is 391 g/mol. The second kappa shape index (κ2) is 24.6. The quantitative estimate of drug-likeness (QED) is 0.135. The topological polar surface area (TPSA) is 0 Å². The number of hydrogen-bond acceptors (Lipinski definition) is 0. The normalized spacial score (nSPS) is 12.0. The highest BCUT2D eigenvalue weighted by molar-refractivity contribution is 4.98. The van der Waals surface area contributed by atoms with Gasteiger partial charge in [0.1, 0.15) is 0 Å². The van der Waals surface area contributed by atoms with Gasteiger partial charge in [0.05, 0.1) is 0 Å². The summed E-state index contributed by atoms with van der Waals surface area (Å²) in [6.45, 7) is 7.05. The molecule has 0 aliphatic heterocycles. The van der Waals surface area contributed by atoms with Gasteiger partial charge in [-0.3, -0.25) is 0 Å². The Morgan fingerprint density at radius 3 is 1.14 bits per heavy atom. The fraction of sp³-hybridized carbons (Fsp3) is 0.929. The van der Waals surface area contributed by atoms with E-state index in [0.29, 0.717) is 0 Å². The molecule has 0 rings (SSSR count). The van der Waals surface area contributed by atoms with Crippen LogP contribution >= 0.6 is 0 Å². The zero-order valence-corrected chi connectivity index (χ0v) is 20.1. The first-order valence-corrected chi connectivity index (χ1v) is 13.3. The van der Waals surface area contributed by atoms with Gasteiger partial charge in [-0.2, -0.15) is 0 Å². The molecule has 0 aromatic carbocycles. The molecule has 0 amide bonds. The van der Waals surface area contributed by atoms with E-state index >= 15 is 0 Å². The second-order valence-corrected chi connectivity index (χ2v) is 9.19. The van der Waals surface area contributed by atoms with E-state index in [2.05, 4.69) is 32.6 Å². The summed E-state index contributed by atoms with van der Waals surface area (Å²) in [4.78, 5) is 0. The molecule has 1 unspecified atom stereocenters. The van der Waals surface area contributed by atoms with Crippen molar-refractivity contribution in [1.82, 2.24) is 0 Å². The molecule has 0 spiro atoms. The van der Waals surface area contributed by atoms with Gasteiger partial charge >= 0.3 is 0 Å².